The van der Waals surface area contributed by atoms with Gasteiger partial charge in [-0.3, -0.25) is 0 Å². The van der Waals surface area contributed by atoms with Gasteiger partial charge in [0.1, 0.15) is 10.6 Å². The maximum atomic E-state index is 12.3. The van der Waals surface area contributed by atoms with Gasteiger partial charge in [0, 0.05) is 6.04 Å². The zero-order chi connectivity index (χ0) is 14.6. The van der Waals surface area contributed by atoms with E-state index in [0.29, 0.717) is 10.7 Å². The van der Waals surface area contributed by atoms with E-state index < -0.39 is 24.6 Å². The van der Waals surface area contributed by atoms with Gasteiger partial charge in [-0.05, 0) is 32.3 Å². The number of aryl methyl sites for hydroxylation is 1. The third-order valence-corrected chi connectivity index (χ3v) is 3.13. The van der Waals surface area contributed by atoms with Gasteiger partial charge in [-0.2, -0.15) is 17.5 Å². The first-order valence-corrected chi connectivity index (χ1v) is 6.48. The largest absolute Gasteiger partial charge is 0.462 e. The number of hydrogen-bond donors (Lipinski definition) is 1. The van der Waals surface area contributed by atoms with E-state index in [0.717, 1.165) is 11.5 Å². The summed E-state index contributed by atoms with van der Waals surface area (Å²) in [6, 6.07) is -0.840. The molecule has 0 saturated carbocycles. The Morgan fingerprint density at radius 2 is 2.16 bits per heavy atom. The lowest BCUT2D eigenvalue weighted by atomic mass is 10.2. The highest BCUT2D eigenvalue weighted by Crippen LogP contribution is 2.29. The second-order valence-electron chi connectivity index (χ2n) is 4.06. The van der Waals surface area contributed by atoms with Gasteiger partial charge in [0.25, 0.3) is 0 Å². The Hall–Kier alpha value is -1.31. The van der Waals surface area contributed by atoms with Crippen LogP contribution in [-0.4, -0.2) is 29.2 Å². The summed E-state index contributed by atoms with van der Waals surface area (Å²) in [6.07, 6.45) is -5.23. The van der Waals surface area contributed by atoms with E-state index in [1.165, 1.54) is 6.92 Å². The molecule has 0 aliphatic rings. The van der Waals surface area contributed by atoms with Crippen molar-refractivity contribution in [3.05, 3.63) is 11.3 Å². The minimum atomic E-state index is -4.25. The van der Waals surface area contributed by atoms with Crippen LogP contribution in [0.15, 0.2) is 0 Å². The number of esters is 1. The van der Waals surface area contributed by atoms with Crippen LogP contribution in [0.1, 0.15) is 36.3 Å². The molecular formula is C11H15F3N2O2S. The van der Waals surface area contributed by atoms with Gasteiger partial charge in [-0.25, -0.2) is 4.79 Å². The zero-order valence-corrected chi connectivity index (χ0v) is 11.6. The van der Waals surface area contributed by atoms with Crippen LogP contribution in [0, 0.1) is 6.92 Å². The Bertz CT molecular complexity index is 446. The van der Waals surface area contributed by atoms with Crippen molar-refractivity contribution in [2.24, 2.45) is 0 Å². The van der Waals surface area contributed by atoms with Gasteiger partial charge in [0.2, 0.25) is 0 Å². The Labute approximate surface area is 113 Å². The second-order valence-corrected chi connectivity index (χ2v) is 4.83. The minimum Gasteiger partial charge on any atom is -0.462 e. The fourth-order valence-electron chi connectivity index (χ4n) is 1.53. The molecule has 0 aliphatic carbocycles. The van der Waals surface area contributed by atoms with E-state index in [1.807, 2.05) is 0 Å². The number of rotatable bonds is 5. The average Bonchev–Trinajstić information content (AvgIpc) is 2.57. The molecule has 0 spiro atoms. The summed E-state index contributed by atoms with van der Waals surface area (Å²) in [5, 5.41) is 2.98. The normalized spacial score (nSPS) is 13.2. The highest BCUT2D eigenvalue weighted by atomic mass is 32.1. The van der Waals surface area contributed by atoms with Crippen LogP contribution in [-0.2, 0) is 4.74 Å². The first kappa shape index (κ1) is 15.7. The van der Waals surface area contributed by atoms with Crippen LogP contribution in [0.5, 0.6) is 0 Å². The number of hydrogen-bond acceptors (Lipinski definition) is 5. The molecule has 0 bridgehead atoms. The summed E-state index contributed by atoms with van der Waals surface area (Å²) in [7, 11) is 0. The highest BCUT2D eigenvalue weighted by Gasteiger charge is 2.31. The molecule has 0 radical (unpaired) electrons. The Kier molecular flexibility index (Phi) is 5.16. The van der Waals surface area contributed by atoms with E-state index in [4.69, 9.17) is 4.74 Å². The number of ether oxygens (including phenoxy) is 1. The summed E-state index contributed by atoms with van der Waals surface area (Å²) in [4.78, 5) is 11.7. The lowest BCUT2D eigenvalue weighted by Gasteiger charge is -2.16. The number of alkyl halides is 3. The SMILES string of the molecule is CCOC(=O)c1c(C)nsc1NC(C)CC(F)(F)F. The molecule has 0 aliphatic heterocycles. The number of carbonyl (C=O) groups excluding carboxylic acids is 1. The molecule has 1 N–H and O–H groups in total. The summed E-state index contributed by atoms with van der Waals surface area (Å²) < 4.78 is 45.6. The lowest BCUT2D eigenvalue weighted by molar-refractivity contribution is -0.136. The molecule has 0 aromatic carbocycles. The fourth-order valence-corrected chi connectivity index (χ4v) is 2.43. The van der Waals surface area contributed by atoms with Crippen LogP contribution < -0.4 is 5.32 Å². The molecule has 1 aromatic heterocycles. The molecule has 0 amide bonds. The van der Waals surface area contributed by atoms with Crippen molar-refractivity contribution in [1.82, 2.24) is 4.37 Å². The summed E-state index contributed by atoms with van der Waals surface area (Å²) in [5.74, 6) is -0.574. The van der Waals surface area contributed by atoms with Crippen molar-refractivity contribution in [2.75, 3.05) is 11.9 Å². The molecule has 8 heteroatoms. The van der Waals surface area contributed by atoms with Gasteiger partial charge < -0.3 is 10.1 Å². The smallest absolute Gasteiger partial charge is 0.391 e. The van der Waals surface area contributed by atoms with Gasteiger partial charge in [0.15, 0.2) is 0 Å². The molecule has 0 saturated heterocycles. The zero-order valence-electron chi connectivity index (χ0n) is 10.8. The molecular weight excluding hydrogens is 281 g/mol. The standard InChI is InChI=1S/C11H15F3N2O2S/c1-4-18-10(17)8-7(3)16-19-9(8)15-6(2)5-11(12,13)14/h6,15H,4-5H2,1-3H3. The van der Waals surface area contributed by atoms with Gasteiger partial charge in [0.05, 0.1) is 18.7 Å². The topological polar surface area (TPSA) is 51.2 Å². The van der Waals surface area contributed by atoms with Crippen LogP contribution in [0.4, 0.5) is 18.2 Å². The van der Waals surface area contributed by atoms with E-state index in [-0.39, 0.29) is 12.2 Å². The Morgan fingerprint density at radius 1 is 1.53 bits per heavy atom. The molecule has 0 fully saturated rings. The lowest BCUT2D eigenvalue weighted by Crippen LogP contribution is -2.24. The molecule has 1 aromatic rings. The first-order valence-electron chi connectivity index (χ1n) is 5.71. The Balaban J connectivity index is 2.82. The minimum absolute atomic E-state index is 0.200. The molecule has 1 rings (SSSR count). The van der Waals surface area contributed by atoms with E-state index >= 15 is 0 Å². The van der Waals surface area contributed by atoms with Crippen molar-refractivity contribution < 1.29 is 22.7 Å². The number of nitrogens with one attached hydrogen (secondary N) is 1. The molecule has 19 heavy (non-hydrogen) atoms. The average molecular weight is 296 g/mol. The molecule has 4 nitrogen and oxygen atoms in total. The van der Waals surface area contributed by atoms with Crippen LogP contribution in [0.3, 0.4) is 0 Å². The summed E-state index contributed by atoms with van der Waals surface area (Å²) in [6.45, 7) is 4.87. The third-order valence-electron chi connectivity index (χ3n) is 2.26. The van der Waals surface area contributed by atoms with E-state index in [2.05, 4.69) is 9.69 Å². The molecule has 1 unspecified atom stereocenters. The summed E-state index contributed by atoms with van der Waals surface area (Å²) >= 11 is 0.955. The van der Waals surface area contributed by atoms with Crippen molar-refractivity contribution in [3.8, 4) is 0 Å². The first-order chi connectivity index (χ1) is 8.74. The Morgan fingerprint density at radius 3 is 2.68 bits per heavy atom. The molecule has 1 atom stereocenters. The quantitative estimate of drug-likeness (QED) is 0.846. The number of halogens is 3. The number of nitrogens with zero attached hydrogens (tertiary/aromatic N) is 1. The van der Waals surface area contributed by atoms with Gasteiger partial charge >= 0.3 is 12.1 Å². The second kappa shape index (κ2) is 6.23. The monoisotopic (exact) mass is 296 g/mol. The fraction of sp³-hybridized carbons (Fsp3) is 0.636. The molecule has 108 valence electrons. The van der Waals surface area contributed by atoms with Crippen LogP contribution in [0.25, 0.3) is 0 Å². The predicted molar refractivity (Wildman–Crippen MR) is 66.6 cm³/mol. The van der Waals surface area contributed by atoms with E-state index in [1.54, 1.807) is 13.8 Å². The number of carbonyl (C=O) groups is 1. The third kappa shape index (κ3) is 4.70. The van der Waals surface area contributed by atoms with Crippen molar-refractivity contribution in [1.29, 1.82) is 0 Å². The van der Waals surface area contributed by atoms with Crippen molar-refractivity contribution in [2.45, 2.75) is 39.4 Å². The van der Waals surface area contributed by atoms with E-state index in [9.17, 15) is 18.0 Å². The van der Waals surface area contributed by atoms with Crippen molar-refractivity contribution in [3.63, 3.8) is 0 Å². The van der Waals surface area contributed by atoms with Gasteiger partial charge in [-0.15, -0.1) is 0 Å². The number of aromatic nitrogens is 1. The van der Waals surface area contributed by atoms with Gasteiger partial charge in [-0.1, -0.05) is 0 Å². The maximum Gasteiger partial charge on any atom is 0.391 e. The predicted octanol–water partition coefficient (Wildman–Crippen LogP) is 3.38. The number of anilines is 1. The van der Waals surface area contributed by atoms with Crippen molar-refractivity contribution >= 4 is 22.5 Å². The van der Waals surface area contributed by atoms with Crippen LogP contribution in [0.2, 0.25) is 0 Å². The maximum absolute atomic E-state index is 12.3. The molecule has 1 heterocycles. The van der Waals surface area contributed by atoms with Crippen LogP contribution >= 0.6 is 11.5 Å². The highest BCUT2D eigenvalue weighted by molar-refractivity contribution is 7.10. The summed E-state index contributed by atoms with van der Waals surface area (Å²) in [5.41, 5.74) is 0.658.